The molecule has 0 aliphatic carbocycles. The summed E-state index contributed by atoms with van der Waals surface area (Å²) in [7, 11) is 4.20. The molecule has 0 radical (unpaired) electrons. The number of fused-ring (bicyclic) bond motifs is 1. The highest BCUT2D eigenvalue weighted by Gasteiger charge is 2.17. The van der Waals surface area contributed by atoms with Crippen LogP contribution < -0.4 is 19.5 Å². The standard InChI is InChI=1S/C21H19FN2O6/c1-27-18-8-14-15(9-19(18)28-2)24-16(21(26)29-3)10-17(14)30-11-20(25)23-13-6-4-12(22)5-7-13/h4-10H,11H2,1-3H3,(H,23,25). The molecular weight excluding hydrogens is 395 g/mol. The second-order valence-corrected chi connectivity index (χ2v) is 6.07. The fraction of sp³-hybridized carbons (Fsp3) is 0.190. The minimum Gasteiger partial charge on any atom is -0.493 e. The van der Waals surface area contributed by atoms with Gasteiger partial charge in [-0.05, 0) is 30.3 Å². The Balaban J connectivity index is 1.90. The number of ether oxygens (including phenoxy) is 4. The maximum Gasteiger partial charge on any atom is 0.356 e. The highest BCUT2D eigenvalue weighted by atomic mass is 19.1. The minimum atomic E-state index is -0.660. The van der Waals surface area contributed by atoms with Crippen molar-refractivity contribution >= 4 is 28.5 Å². The average molecular weight is 414 g/mol. The third-order valence-corrected chi connectivity index (χ3v) is 4.16. The summed E-state index contributed by atoms with van der Waals surface area (Å²) in [4.78, 5) is 28.5. The van der Waals surface area contributed by atoms with Crippen molar-refractivity contribution in [1.29, 1.82) is 0 Å². The molecule has 2 aromatic carbocycles. The summed E-state index contributed by atoms with van der Waals surface area (Å²) in [6, 6.07) is 9.93. The Kier molecular flexibility index (Phi) is 6.31. The quantitative estimate of drug-likeness (QED) is 0.593. The highest BCUT2D eigenvalue weighted by Crippen LogP contribution is 2.36. The molecule has 1 amide bonds. The summed E-state index contributed by atoms with van der Waals surface area (Å²) in [5.41, 5.74) is 0.821. The number of nitrogens with one attached hydrogen (secondary N) is 1. The summed E-state index contributed by atoms with van der Waals surface area (Å²) >= 11 is 0. The van der Waals surface area contributed by atoms with Crippen LogP contribution in [0.1, 0.15) is 10.5 Å². The molecule has 0 aliphatic heterocycles. The number of benzene rings is 2. The number of anilines is 1. The van der Waals surface area contributed by atoms with E-state index in [2.05, 4.69) is 10.3 Å². The van der Waals surface area contributed by atoms with Crippen LogP contribution in [-0.4, -0.2) is 44.8 Å². The Morgan fingerprint density at radius 1 is 0.967 bits per heavy atom. The molecule has 0 saturated carbocycles. The number of nitrogens with zero attached hydrogens (tertiary/aromatic N) is 1. The van der Waals surface area contributed by atoms with E-state index < -0.39 is 17.7 Å². The van der Waals surface area contributed by atoms with Crippen LogP contribution in [0.5, 0.6) is 17.2 Å². The number of amides is 1. The van der Waals surface area contributed by atoms with Gasteiger partial charge in [0.2, 0.25) is 0 Å². The third-order valence-electron chi connectivity index (χ3n) is 4.16. The van der Waals surface area contributed by atoms with Crippen molar-refractivity contribution in [2.24, 2.45) is 0 Å². The van der Waals surface area contributed by atoms with Crippen LogP contribution in [0.2, 0.25) is 0 Å². The number of hydrogen-bond donors (Lipinski definition) is 1. The first kappa shape index (κ1) is 20.8. The summed E-state index contributed by atoms with van der Waals surface area (Å²) in [6.45, 7) is -0.356. The molecule has 0 atom stereocenters. The van der Waals surface area contributed by atoms with Gasteiger partial charge < -0.3 is 24.3 Å². The fourth-order valence-electron chi connectivity index (χ4n) is 2.72. The summed E-state index contributed by atoms with van der Waals surface area (Å²) in [5, 5.41) is 3.10. The van der Waals surface area contributed by atoms with E-state index in [9.17, 15) is 14.0 Å². The van der Waals surface area contributed by atoms with Crippen LogP contribution in [0.3, 0.4) is 0 Å². The van der Waals surface area contributed by atoms with Crippen LogP contribution in [0.25, 0.3) is 10.9 Å². The van der Waals surface area contributed by atoms with Crippen molar-refractivity contribution in [2.45, 2.75) is 0 Å². The number of esters is 1. The number of halogens is 1. The van der Waals surface area contributed by atoms with Gasteiger partial charge in [-0.1, -0.05) is 0 Å². The molecule has 9 heteroatoms. The van der Waals surface area contributed by atoms with Crippen molar-refractivity contribution in [2.75, 3.05) is 33.3 Å². The first-order valence-electron chi connectivity index (χ1n) is 8.78. The average Bonchev–Trinajstić information content (AvgIpc) is 2.77. The lowest BCUT2D eigenvalue weighted by molar-refractivity contribution is -0.118. The molecule has 3 aromatic rings. The maximum absolute atomic E-state index is 13.0. The van der Waals surface area contributed by atoms with Gasteiger partial charge in [0.15, 0.2) is 23.8 Å². The summed E-state index contributed by atoms with van der Waals surface area (Å²) in [5.74, 6) is -0.459. The number of methoxy groups -OCH3 is 3. The predicted molar refractivity (Wildman–Crippen MR) is 107 cm³/mol. The van der Waals surface area contributed by atoms with Gasteiger partial charge in [-0.3, -0.25) is 4.79 Å². The van der Waals surface area contributed by atoms with Crippen LogP contribution >= 0.6 is 0 Å². The van der Waals surface area contributed by atoms with Crippen LogP contribution in [0, 0.1) is 5.82 Å². The van der Waals surface area contributed by atoms with Crippen LogP contribution in [0.4, 0.5) is 10.1 Å². The van der Waals surface area contributed by atoms with E-state index >= 15 is 0 Å². The number of hydrogen-bond acceptors (Lipinski definition) is 7. The number of aromatic nitrogens is 1. The molecule has 3 rings (SSSR count). The highest BCUT2D eigenvalue weighted by molar-refractivity contribution is 5.96. The first-order chi connectivity index (χ1) is 14.4. The van der Waals surface area contributed by atoms with Gasteiger partial charge in [-0.25, -0.2) is 14.2 Å². The lowest BCUT2D eigenvalue weighted by Crippen LogP contribution is -2.20. The normalized spacial score (nSPS) is 10.4. The van der Waals surface area contributed by atoms with Crippen molar-refractivity contribution in [3.63, 3.8) is 0 Å². The van der Waals surface area contributed by atoms with Crippen molar-refractivity contribution in [3.8, 4) is 17.2 Å². The molecule has 0 aliphatic rings. The van der Waals surface area contributed by atoms with E-state index in [4.69, 9.17) is 18.9 Å². The fourth-order valence-corrected chi connectivity index (χ4v) is 2.72. The van der Waals surface area contributed by atoms with E-state index in [0.717, 1.165) is 0 Å². The number of rotatable bonds is 7. The van der Waals surface area contributed by atoms with Crippen LogP contribution in [0.15, 0.2) is 42.5 Å². The van der Waals surface area contributed by atoms with Crippen LogP contribution in [-0.2, 0) is 9.53 Å². The largest absolute Gasteiger partial charge is 0.493 e. The molecule has 1 aromatic heterocycles. The molecule has 1 N–H and O–H groups in total. The molecule has 0 unspecified atom stereocenters. The van der Waals surface area contributed by atoms with Gasteiger partial charge in [0.25, 0.3) is 5.91 Å². The van der Waals surface area contributed by atoms with Gasteiger partial charge in [-0.15, -0.1) is 0 Å². The lowest BCUT2D eigenvalue weighted by atomic mass is 10.1. The minimum absolute atomic E-state index is 0.00571. The monoisotopic (exact) mass is 414 g/mol. The van der Waals surface area contributed by atoms with E-state index in [0.29, 0.717) is 28.1 Å². The van der Waals surface area contributed by atoms with Crippen molar-refractivity contribution in [3.05, 3.63) is 54.0 Å². The Morgan fingerprint density at radius 3 is 2.27 bits per heavy atom. The Bertz CT molecular complexity index is 1090. The molecular formula is C21H19FN2O6. The smallest absolute Gasteiger partial charge is 0.356 e. The van der Waals surface area contributed by atoms with Gasteiger partial charge in [0.1, 0.15) is 11.6 Å². The van der Waals surface area contributed by atoms with Crippen molar-refractivity contribution < 1.29 is 32.9 Å². The second kappa shape index (κ2) is 9.08. The van der Waals surface area contributed by atoms with Gasteiger partial charge in [0, 0.05) is 23.2 Å². The Hall–Kier alpha value is -3.88. The molecule has 8 nitrogen and oxygen atoms in total. The topological polar surface area (TPSA) is 96.0 Å². The molecule has 1 heterocycles. The number of carbonyl (C=O) groups excluding carboxylic acids is 2. The van der Waals surface area contributed by atoms with Gasteiger partial charge in [0.05, 0.1) is 26.8 Å². The van der Waals surface area contributed by atoms with Crippen molar-refractivity contribution in [1.82, 2.24) is 4.98 Å². The summed E-state index contributed by atoms with van der Waals surface area (Å²) < 4.78 is 34.0. The molecule has 0 bridgehead atoms. The van der Waals surface area contributed by atoms with E-state index in [1.807, 2.05) is 0 Å². The molecule has 30 heavy (non-hydrogen) atoms. The number of pyridine rings is 1. The third kappa shape index (κ3) is 4.57. The van der Waals surface area contributed by atoms with Gasteiger partial charge in [-0.2, -0.15) is 0 Å². The zero-order chi connectivity index (χ0) is 21.7. The zero-order valence-electron chi connectivity index (χ0n) is 16.5. The molecule has 0 saturated heterocycles. The second-order valence-electron chi connectivity index (χ2n) is 6.07. The van der Waals surface area contributed by atoms with Gasteiger partial charge >= 0.3 is 5.97 Å². The summed E-state index contributed by atoms with van der Waals surface area (Å²) in [6.07, 6.45) is 0. The Labute approximate surface area is 171 Å². The van der Waals surface area contributed by atoms with E-state index in [1.165, 1.54) is 51.7 Å². The Morgan fingerprint density at radius 2 is 1.63 bits per heavy atom. The molecule has 156 valence electrons. The zero-order valence-corrected chi connectivity index (χ0v) is 16.5. The lowest BCUT2D eigenvalue weighted by Gasteiger charge is -2.14. The first-order valence-corrected chi connectivity index (χ1v) is 8.78. The molecule has 0 spiro atoms. The maximum atomic E-state index is 13.0. The van der Waals surface area contributed by atoms with E-state index in [-0.39, 0.29) is 18.1 Å². The van der Waals surface area contributed by atoms with E-state index in [1.54, 1.807) is 12.1 Å². The predicted octanol–water partition coefficient (Wildman–Crippen LogP) is 3.20. The SMILES string of the molecule is COC(=O)c1cc(OCC(=O)Nc2ccc(F)cc2)c2cc(OC)c(OC)cc2n1. The molecule has 0 fully saturated rings. The number of carbonyl (C=O) groups is 2.